The zero-order valence-electron chi connectivity index (χ0n) is 15.6. The van der Waals surface area contributed by atoms with Gasteiger partial charge in [-0.2, -0.15) is 13.2 Å². The molecule has 1 heterocycles. The normalized spacial score (nSPS) is 18.4. The number of carbonyl (C=O) groups excluding carboxylic acids is 2. The lowest BCUT2D eigenvalue weighted by atomic mass is 10.0. The van der Waals surface area contributed by atoms with Crippen LogP contribution in [0.4, 0.5) is 18.0 Å². The van der Waals surface area contributed by atoms with Gasteiger partial charge in [-0.3, -0.25) is 4.79 Å². The summed E-state index contributed by atoms with van der Waals surface area (Å²) in [5.74, 6) is -0.686. The van der Waals surface area contributed by atoms with Crippen molar-refractivity contribution in [2.75, 3.05) is 19.6 Å². The highest BCUT2D eigenvalue weighted by molar-refractivity contribution is 14.1. The Kier molecular flexibility index (Phi) is 6.33. The maximum atomic E-state index is 13.3. The third-order valence-corrected chi connectivity index (χ3v) is 4.73. The summed E-state index contributed by atoms with van der Waals surface area (Å²) in [6.07, 6.45) is -5.11. The number of halogens is 4. The van der Waals surface area contributed by atoms with E-state index in [1.165, 1.54) is 21.9 Å². The zero-order chi connectivity index (χ0) is 20.6. The SMILES string of the molecule is C[C@@H]1CN(C(=O)c2ccc(I)cc2C(F)(F)F)CCN1C(=O)OC(C)(C)C. The second-order valence-corrected chi connectivity index (χ2v) is 8.71. The molecule has 0 aliphatic carbocycles. The standard InChI is InChI=1S/C18H22F3IN2O3/c1-11-10-23(7-8-24(11)16(26)27-17(2,3)4)15(25)13-6-5-12(22)9-14(13)18(19,20)21/h5-6,9,11H,7-8,10H2,1-4H3/t11-/m1/s1. The van der Waals surface area contributed by atoms with Crippen molar-refractivity contribution in [3.63, 3.8) is 0 Å². The van der Waals surface area contributed by atoms with Crippen LogP contribution in [0.15, 0.2) is 18.2 Å². The molecule has 1 fully saturated rings. The van der Waals surface area contributed by atoms with Crippen molar-refractivity contribution >= 4 is 34.6 Å². The Morgan fingerprint density at radius 2 is 1.81 bits per heavy atom. The van der Waals surface area contributed by atoms with Crippen molar-refractivity contribution in [2.45, 2.75) is 45.5 Å². The van der Waals surface area contributed by atoms with Crippen LogP contribution >= 0.6 is 22.6 Å². The number of amides is 2. The second-order valence-electron chi connectivity index (χ2n) is 7.46. The van der Waals surface area contributed by atoms with Gasteiger partial charge >= 0.3 is 12.3 Å². The van der Waals surface area contributed by atoms with Crippen LogP contribution in [-0.2, 0) is 10.9 Å². The monoisotopic (exact) mass is 498 g/mol. The predicted octanol–water partition coefficient (Wildman–Crippen LogP) is 4.39. The molecule has 1 aromatic carbocycles. The van der Waals surface area contributed by atoms with Gasteiger partial charge in [-0.1, -0.05) is 0 Å². The molecule has 1 aromatic rings. The van der Waals surface area contributed by atoms with Gasteiger partial charge in [0.1, 0.15) is 5.60 Å². The van der Waals surface area contributed by atoms with Crippen molar-refractivity contribution < 1.29 is 27.5 Å². The van der Waals surface area contributed by atoms with Gasteiger partial charge in [-0.05, 0) is 68.5 Å². The van der Waals surface area contributed by atoms with Gasteiger partial charge in [0.15, 0.2) is 0 Å². The van der Waals surface area contributed by atoms with E-state index in [1.807, 2.05) is 0 Å². The third kappa shape index (κ3) is 5.49. The lowest BCUT2D eigenvalue weighted by molar-refractivity contribution is -0.138. The molecule has 0 spiro atoms. The van der Waals surface area contributed by atoms with Gasteiger partial charge in [0.2, 0.25) is 0 Å². The molecule has 1 aliphatic rings. The molecule has 1 saturated heterocycles. The summed E-state index contributed by atoms with van der Waals surface area (Å²) in [6, 6.07) is 3.28. The smallest absolute Gasteiger partial charge is 0.417 e. The number of hydrogen-bond donors (Lipinski definition) is 0. The summed E-state index contributed by atoms with van der Waals surface area (Å²) < 4.78 is 45.7. The molecule has 0 unspecified atom stereocenters. The molecule has 150 valence electrons. The molecular weight excluding hydrogens is 476 g/mol. The van der Waals surface area contributed by atoms with Crippen molar-refractivity contribution in [1.82, 2.24) is 9.80 Å². The Labute approximate surface area is 170 Å². The van der Waals surface area contributed by atoms with Gasteiger partial charge in [0, 0.05) is 29.2 Å². The van der Waals surface area contributed by atoms with Gasteiger partial charge in [0.05, 0.1) is 11.1 Å². The predicted molar refractivity (Wildman–Crippen MR) is 102 cm³/mol. The number of nitrogens with zero attached hydrogens (tertiary/aromatic N) is 2. The minimum atomic E-state index is -4.61. The van der Waals surface area contributed by atoms with Crippen LogP contribution < -0.4 is 0 Å². The van der Waals surface area contributed by atoms with E-state index in [0.717, 1.165) is 6.07 Å². The summed E-state index contributed by atoms with van der Waals surface area (Å²) in [4.78, 5) is 27.8. The summed E-state index contributed by atoms with van der Waals surface area (Å²) >= 11 is 1.78. The fourth-order valence-electron chi connectivity index (χ4n) is 2.84. The van der Waals surface area contributed by atoms with Crippen molar-refractivity contribution in [2.24, 2.45) is 0 Å². The molecule has 0 radical (unpaired) electrons. The Bertz CT molecular complexity index is 732. The van der Waals surface area contributed by atoms with E-state index in [-0.39, 0.29) is 31.2 Å². The quantitative estimate of drug-likeness (QED) is 0.540. The first-order chi connectivity index (χ1) is 12.3. The first kappa shape index (κ1) is 21.8. The van der Waals surface area contributed by atoms with E-state index >= 15 is 0 Å². The Balaban J connectivity index is 2.16. The first-order valence-electron chi connectivity index (χ1n) is 8.45. The van der Waals surface area contributed by atoms with Crippen LogP contribution in [-0.4, -0.2) is 53.1 Å². The van der Waals surface area contributed by atoms with Crippen LogP contribution in [0.1, 0.15) is 43.6 Å². The number of piperazine rings is 1. The zero-order valence-corrected chi connectivity index (χ0v) is 17.7. The molecule has 0 N–H and O–H groups in total. The fraction of sp³-hybridized carbons (Fsp3) is 0.556. The fourth-order valence-corrected chi connectivity index (χ4v) is 3.33. The van der Waals surface area contributed by atoms with Gasteiger partial charge in [-0.15, -0.1) is 0 Å². The minimum Gasteiger partial charge on any atom is -0.444 e. The first-order valence-corrected chi connectivity index (χ1v) is 9.53. The van der Waals surface area contributed by atoms with E-state index in [9.17, 15) is 22.8 Å². The highest BCUT2D eigenvalue weighted by Gasteiger charge is 2.38. The van der Waals surface area contributed by atoms with Crippen LogP contribution in [0.2, 0.25) is 0 Å². The summed E-state index contributed by atoms with van der Waals surface area (Å²) in [6.45, 7) is 7.49. The second kappa shape index (κ2) is 7.84. The van der Waals surface area contributed by atoms with Crippen LogP contribution in [0.25, 0.3) is 0 Å². The molecule has 9 heteroatoms. The van der Waals surface area contributed by atoms with Gasteiger partial charge in [-0.25, -0.2) is 4.79 Å². The molecule has 2 rings (SSSR count). The van der Waals surface area contributed by atoms with E-state index in [4.69, 9.17) is 4.74 Å². The molecule has 5 nitrogen and oxygen atoms in total. The molecule has 2 amide bonds. The largest absolute Gasteiger partial charge is 0.444 e. The van der Waals surface area contributed by atoms with E-state index in [2.05, 4.69) is 0 Å². The number of hydrogen-bond acceptors (Lipinski definition) is 3. The average molecular weight is 498 g/mol. The Hall–Kier alpha value is -1.52. The number of alkyl halides is 3. The van der Waals surface area contributed by atoms with Crippen LogP contribution in [0.5, 0.6) is 0 Å². The van der Waals surface area contributed by atoms with Crippen molar-refractivity contribution in [3.8, 4) is 0 Å². The van der Waals surface area contributed by atoms with E-state index in [0.29, 0.717) is 3.57 Å². The summed E-state index contributed by atoms with van der Waals surface area (Å²) in [7, 11) is 0. The van der Waals surface area contributed by atoms with Gasteiger partial charge in [0.25, 0.3) is 5.91 Å². The van der Waals surface area contributed by atoms with E-state index < -0.39 is 29.3 Å². The van der Waals surface area contributed by atoms with Crippen LogP contribution in [0.3, 0.4) is 0 Å². The highest BCUT2D eigenvalue weighted by Crippen LogP contribution is 2.34. The molecule has 0 saturated carbocycles. The highest BCUT2D eigenvalue weighted by atomic mass is 127. The third-order valence-electron chi connectivity index (χ3n) is 4.06. The number of carbonyl (C=O) groups is 2. The molecule has 0 aromatic heterocycles. The van der Waals surface area contributed by atoms with Crippen molar-refractivity contribution in [1.29, 1.82) is 0 Å². The van der Waals surface area contributed by atoms with Crippen LogP contribution in [0, 0.1) is 3.57 Å². The topological polar surface area (TPSA) is 49.9 Å². The van der Waals surface area contributed by atoms with E-state index in [1.54, 1.807) is 50.3 Å². The number of benzene rings is 1. The molecule has 1 atom stereocenters. The lowest BCUT2D eigenvalue weighted by Crippen LogP contribution is -2.56. The molecule has 27 heavy (non-hydrogen) atoms. The number of rotatable bonds is 1. The lowest BCUT2D eigenvalue weighted by Gasteiger charge is -2.40. The summed E-state index contributed by atoms with van der Waals surface area (Å²) in [5, 5.41) is 0. The maximum absolute atomic E-state index is 13.3. The molecule has 0 bridgehead atoms. The van der Waals surface area contributed by atoms with Crippen molar-refractivity contribution in [3.05, 3.63) is 32.9 Å². The molecule has 1 aliphatic heterocycles. The Morgan fingerprint density at radius 1 is 1.19 bits per heavy atom. The van der Waals surface area contributed by atoms with Gasteiger partial charge < -0.3 is 14.5 Å². The molecular formula is C18H22F3IN2O3. The maximum Gasteiger partial charge on any atom is 0.417 e. The minimum absolute atomic E-state index is 0.140. The number of ether oxygens (including phenoxy) is 1. The summed E-state index contributed by atoms with van der Waals surface area (Å²) in [5.41, 5.74) is -1.96. The average Bonchev–Trinajstić information content (AvgIpc) is 2.51. The Morgan fingerprint density at radius 3 is 2.33 bits per heavy atom.